The molecule has 3 rings (SSSR count). The molecule has 1 N–H and O–H groups in total. The number of benzene rings is 1. The molecular formula is C21H29NO4. The number of nitrogens with zero attached hydrogens (tertiary/aromatic N) is 1. The SMILES string of the molecule is O=C(O)C1CCCC(C(=O)N(Cc2ccccc2)CC2CCOCC2)C1. The van der Waals surface area contributed by atoms with Crippen LogP contribution in [0.5, 0.6) is 0 Å². The summed E-state index contributed by atoms with van der Waals surface area (Å²) in [7, 11) is 0. The van der Waals surface area contributed by atoms with Crippen molar-refractivity contribution < 1.29 is 19.4 Å². The van der Waals surface area contributed by atoms with Gasteiger partial charge in [-0.1, -0.05) is 36.8 Å². The summed E-state index contributed by atoms with van der Waals surface area (Å²) in [5.41, 5.74) is 1.12. The van der Waals surface area contributed by atoms with E-state index in [0.29, 0.717) is 25.3 Å². The van der Waals surface area contributed by atoms with Gasteiger partial charge in [0.05, 0.1) is 5.92 Å². The van der Waals surface area contributed by atoms with Gasteiger partial charge in [-0.3, -0.25) is 9.59 Å². The van der Waals surface area contributed by atoms with E-state index in [4.69, 9.17) is 4.74 Å². The van der Waals surface area contributed by atoms with Crippen LogP contribution in [0.3, 0.4) is 0 Å². The van der Waals surface area contributed by atoms with E-state index in [1.807, 2.05) is 35.2 Å². The Bertz CT molecular complexity index is 597. The fourth-order valence-electron chi connectivity index (χ4n) is 4.17. The third kappa shape index (κ3) is 5.07. The number of carboxylic acids is 1. The van der Waals surface area contributed by atoms with Gasteiger partial charge in [0.2, 0.25) is 5.91 Å². The molecule has 1 heterocycles. The Hall–Kier alpha value is -1.88. The molecule has 1 aliphatic carbocycles. The lowest BCUT2D eigenvalue weighted by atomic mass is 9.80. The molecule has 5 heteroatoms. The van der Waals surface area contributed by atoms with Gasteiger partial charge in [0, 0.05) is 32.2 Å². The van der Waals surface area contributed by atoms with Gasteiger partial charge in [0.15, 0.2) is 0 Å². The standard InChI is InChI=1S/C21H29NO4/c23-20(18-7-4-8-19(13-18)21(24)25)22(14-16-5-2-1-3-6-16)15-17-9-11-26-12-10-17/h1-3,5-6,17-19H,4,7-15H2,(H,24,25). The van der Waals surface area contributed by atoms with E-state index < -0.39 is 5.97 Å². The summed E-state index contributed by atoms with van der Waals surface area (Å²) >= 11 is 0. The molecule has 0 bridgehead atoms. The zero-order chi connectivity index (χ0) is 18.4. The van der Waals surface area contributed by atoms with Crippen molar-refractivity contribution in [1.82, 2.24) is 4.90 Å². The molecule has 142 valence electrons. The second-order valence-electron chi connectivity index (χ2n) is 7.66. The van der Waals surface area contributed by atoms with E-state index in [9.17, 15) is 14.7 Å². The molecule has 2 unspecified atom stereocenters. The third-order valence-corrected chi connectivity index (χ3v) is 5.72. The van der Waals surface area contributed by atoms with Crippen molar-refractivity contribution in [2.75, 3.05) is 19.8 Å². The number of aliphatic carboxylic acids is 1. The van der Waals surface area contributed by atoms with Crippen LogP contribution in [0, 0.1) is 17.8 Å². The van der Waals surface area contributed by atoms with Gasteiger partial charge in [-0.25, -0.2) is 0 Å². The largest absolute Gasteiger partial charge is 0.481 e. The van der Waals surface area contributed by atoms with E-state index in [-0.39, 0.29) is 17.7 Å². The highest BCUT2D eigenvalue weighted by Gasteiger charge is 2.34. The first-order valence-corrected chi connectivity index (χ1v) is 9.76. The van der Waals surface area contributed by atoms with Crippen LogP contribution in [-0.4, -0.2) is 41.6 Å². The van der Waals surface area contributed by atoms with E-state index in [1.165, 1.54) is 0 Å². The second kappa shape index (κ2) is 9.17. The van der Waals surface area contributed by atoms with Gasteiger partial charge in [-0.05, 0) is 43.6 Å². The molecule has 2 aliphatic rings. The number of hydrogen-bond acceptors (Lipinski definition) is 3. The van der Waals surface area contributed by atoms with Gasteiger partial charge < -0.3 is 14.7 Å². The Morgan fingerprint density at radius 3 is 2.42 bits per heavy atom. The van der Waals surface area contributed by atoms with Crippen molar-refractivity contribution in [3.05, 3.63) is 35.9 Å². The van der Waals surface area contributed by atoms with Gasteiger partial charge in [-0.15, -0.1) is 0 Å². The molecule has 5 nitrogen and oxygen atoms in total. The van der Waals surface area contributed by atoms with Crippen molar-refractivity contribution in [2.45, 2.75) is 45.1 Å². The summed E-state index contributed by atoms with van der Waals surface area (Å²) in [5, 5.41) is 9.33. The molecule has 1 aromatic rings. The Labute approximate surface area is 155 Å². The number of ether oxygens (including phenoxy) is 1. The van der Waals surface area contributed by atoms with Gasteiger partial charge in [0.1, 0.15) is 0 Å². The number of amides is 1. The monoisotopic (exact) mass is 359 g/mol. The summed E-state index contributed by atoms with van der Waals surface area (Å²) in [6, 6.07) is 10.1. The molecule has 0 aromatic heterocycles. The van der Waals surface area contributed by atoms with Crippen LogP contribution >= 0.6 is 0 Å². The van der Waals surface area contributed by atoms with Crippen LogP contribution in [0.25, 0.3) is 0 Å². The van der Waals surface area contributed by atoms with Gasteiger partial charge >= 0.3 is 5.97 Å². The number of carbonyl (C=O) groups is 2. The molecule has 1 aromatic carbocycles. The molecule has 2 atom stereocenters. The lowest BCUT2D eigenvalue weighted by Crippen LogP contribution is -2.42. The Balaban J connectivity index is 1.70. The predicted octanol–water partition coefficient (Wildman–Crippen LogP) is 3.33. The quantitative estimate of drug-likeness (QED) is 0.846. The smallest absolute Gasteiger partial charge is 0.306 e. The molecule has 0 spiro atoms. The molecule has 26 heavy (non-hydrogen) atoms. The fourth-order valence-corrected chi connectivity index (χ4v) is 4.17. The molecule has 1 saturated heterocycles. The molecular weight excluding hydrogens is 330 g/mol. The predicted molar refractivity (Wildman–Crippen MR) is 98.5 cm³/mol. The summed E-state index contributed by atoms with van der Waals surface area (Å²) < 4.78 is 5.45. The van der Waals surface area contributed by atoms with Gasteiger partial charge in [-0.2, -0.15) is 0 Å². The topological polar surface area (TPSA) is 66.8 Å². The minimum Gasteiger partial charge on any atom is -0.481 e. The summed E-state index contributed by atoms with van der Waals surface area (Å²) in [5.74, 6) is -0.698. The highest BCUT2D eigenvalue weighted by atomic mass is 16.5. The highest BCUT2D eigenvalue weighted by molar-refractivity contribution is 5.80. The molecule has 1 amide bonds. The lowest BCUT2D eigenvalue weighted by Gasteiger charge is -2.34. The summed E-state index contributed by atoms with van der Waals surface area (Å²) in [4.78, 5) is 26.6. The molecule has 1 saturated carbocycles. The highest BCUT2D eigenvalue weighted by Crippen LogP contribution is 2.31. The Morgan fingerprint density at radius 1 is 1.04 bits per heavy atom. The van der Waals surface area contributed by atoms with Crippen LogP contribution in [0.1, 0.15) is 44.1 Å². The van der Waals surface area contributed by atoms with E-state index in [1.54, 1.807) is 0 Å². The van der Waals surface area contributed by atoms with Crippen LogP contribution in [-0.2, 0) is 20.9 Å². The molecule has 2 fully saturated rings. The zero-order valence-corrected chi connectivity index (χ0v) is 15.3. The van der Waals surface area contributed by atoms with Crippen molar-refractivity contribution in [3.8, 4) is 0 Å². The third-order valence-electron chi connectivity index (χ3n) is 5.72. The number of carbonyl (C=O) groups excluding carboxylic acids is 1. The summed E-state index contributed by atoms with van der Waals surface area (Å²) in [6.07, 6.45) is 4.78. The Kier molecular flexibility index (Phi) is 6.67. The average molecular weight is 359 g/mol. The fraction of sp³-hybridized carbons (Fsp3) is 0.619. The lowest BCUT2D eigenvalue weighted by molar-refractivity contribution is -0.146. The maximum absolute atomic E-state index is 13.2. The molecule has 0 radical (unpaired) electrons. The first-order chi connectivity index (χ1) is 12.6. The van der Waals surface area contributed by atoms with Crippen LogP contribution in [0.15, 0.2) is 30.3 Å². The second-order valence-corrected chi connectivity index (χ2v) is 7.66. The molecule has 1 aliphatic heterocycles. The number of carboxylic acid groups (broad SMARTS) is 1. The van der Waals surface area contributed by atoms with Crippen molar-refractivity contribution in [2.24, 2.45) is 17.8 Å². The minimum absolute atomic E-state index is 0.131. The van der Waals surface area contributed by atoms with Crippen molar-refractivity contribution in [3.63, 3.8) is 0 Å². The zero-order valence-electron chi connectivity index (χ0n) is 15.3. The normalized spacial score (nSPS) is 24.2. The summed E-state index contributed by atoms with van der Waals surface area (Å²) in [6.45, 7) is 2.88. The van der Waals surface area contributed by atoms with Crippen molar-refractivity contribution in [1.29, 1.82) is 0 Å². The van der Waals surface area contributed by atoms with Crippen LogP contribution in [0.2, 0.25) is 0 Å². The van der Waals surface area contributed by atoms with E-state index in [0.717, 1.165) is 51.0 Å². The van der Waals surface area contributed by atoms with E-state index in [2.05, 4.69) is 0 Å². The first kappa shape index (κ1) is 18.9. The average Bonchev–Trinajstić information content (AvgIpc) is 2.68. The number of hydrogen-bond donors (Lipinski definition) is 1. The Morgan fingerprint density at radius 2 is 1.73 bits per heavy atom. The maximum atomic E-state index is 13.2. The van der Waals surface area contributed by atoms with Crippen LogP contribution in [0.4, 0.5) is 0 Å². The van der Waals surface area contributed by atoms with Crippen LogP contribution < -0.4 is 0 Å². The maximum Gasteiger partial charge on any atom is 0.306 e. The van der Waals surface area contributed by atoms with Gasteiger partial charge in [0.25, 0.3) is 0 Å². The first-order valence-electron chi connectivity index (χ1n) is 9.76. The van der Waals surface area contributed by atoms with E-state index >= 15 is 0 Å². The number of rotatable bonds is 6. The minimum atomic E-state index is -0.762. The van der Waals surface area contributed by atoms with Crippen molar-refractivity contribution >= 4 is 11.9 Å².